The summed E-state index contributed by atoms with van der Waals surface area (Å²) >= 11 is 0. The smallest absolute Gasteiger partial charge is 0.119 e. The average molecular weight is 294 g/mol. The van der Waals surface area contributed by atoms with Crippen molar-refractivity contribution in [1.29, 1.82) is 0 Å². The van der Waals surface area contributed by atoms with E-state index in [1.807, 2.05) is 12.1 Å². The molecule has 2 aromatic carbocycles. The van der Waals surface area contributed by atoms with Crippen molar-refractivity contribution in [3.63, 3.8) is 0 Å². The highest BCUT2D eigenvalue weighted by molar-refractivity contribution is 5.78. The molecule has 0 aliphatic carbocycles. The van der Waals surface area contributed by atoms with Crippen molar-refractivity contribution < 1.29 is 0 Å². The highest BCUT2D eigenvalue weighted by Gasteiger charge is 2.23. The first-order valence-corrected chi connectivity index (χ1v) is 8.02. The zero-order chi connectivity index (χ0) is 16.2. The summed E-state index contributed by atoms with van der Waals surface area (Å²) in [4.78, 5) is 4.82. The van der Waals surface area contributed by atoms with Gasteiger partial charge in [0.25, 0.3) is 0 Å². The zero-order valence-corrected chi connectivity index (χ0v) is 14.3. The van der Waals surface area contributed by atoms with Crippen LogP contribution in [-0.4, -0.2) is 9.55 Å². The van der Waals surface area contributed by atoms with Gasteiger partial charge in [-0.2, -0.15) is 0 Å². The topological polar surface area (TPSA) is 17.8 Å². The third-order valence-corrected chi connectivity index (χ3v) is 3.25. The first kappa shape index (κ1) is 16.3. The minimum Gasteiger partial charge on any atom is -0.296 e. The van der Waals surface area contributed by atoms with Crippen molar-refractivity contribution in [3.8, 4) is 5.69 Å². The molecule has 0 amide bonds. The van der Waals surface area contributed by atoms with Crippen LogP contribution in [0.3, 0.4) is 0 Å². The van der Waals surface area contributed by atoms with E-state index >= 15 is 0 Å². The van der Waals surface area contributed by atoms with Crippen LogP contribution in [0, 0.1) is 0 Å². The van der Waals surface area contributed by atoms with Crippen molar-refractivity contribution >= 4 is 11.0 Å². The fourth-order valence-corrected chi connectivity index (χ4v) is 2.37. The summed E-state index contributed by atoms with van der Waals surface area (Å²) in [7, 11) is 0. The summed E-state index contributed by atoms with van der Waals surface area (Å²) in [5.74, 6) is 1.10. The maximum absolute atomic E-state index is 4.82. The van der Waals surface area contributed by atoms with Gasteiger partial charge in [-0.3, -0.25) is 4.57 Å². The van der Waals surface area contributed by atoms with Gasteiger partial charge in [0.15, 0.2) is 0 Å². The van der Waals surface area contributed by atoms with Crippen LogP contribution >= 0.6 is 0 Å². The van der Waals surface area contributed by atoms with E-state index in [0.717, 1.165) is 11.3 Å². The van der Waals surface area contributed by atoms with Gasteiger partial charge in [-0.15, -0.1) is 0 Å². The van der Waals surface area contributed by atoms with E-state index in [9.17, 15) is 0 Å². The number of para-hydroxylation sites is 3. The molecule has 1 heterocycles. The third kappa shape index (κ3) is 3.38. The first-order chi connectivity index (χ1) is 10.5. The van der Waals surface area contributed by atoms with Gasteiger partial charge in [0.2, 0.25) is 0 Å². The minimum atomic E-state index is 0.00879. The molecule has 116 valence electrons. The third-order valence-electron chi connectivity index (χ3n) is 3.25. The number of fused-ring (bicyclic) bond motifs is 1. The molecule has 0 saturated carbocycles. The van der Waals surface area contributed by atoms with Gasteiger partial charge >= 0.3 is 0 Å². The summed E-state index contributed by atoms with van der Waals surface area (Å²) in [6.07, 6.45) is 1.25. The van der Waals surface area contributed by atoms with Crippen LogP contribution < -0.4 is 0 Å². The molecule has 22 heavy (non-hydrogen) atoms. The highest BCUT2D eigenvalue weighted by atomic mass is 15.1. The van der Waals surface area contributed by atoms with Crippen molar-refractivity contribution in [1.82, 2.24) is 9.55 Å². The Hall–Kier alpha value is -2.09. The summed E-state index contributed by atoms with van der Waals surface area (Å²) in [5, 5.41) is 0. The van der Waals surface area contributed by atoms with Gasteiger partial charge in [-0.25, -0.2) is 4.98 Å². The maximum atomic E-state index is 4.82. The van der Waals surface area contributed by atoms with Crippen LogP contribution in [0.5, 0.6) is 0 Å². The molecule has 0 spiro atoms. The largest absolute Gasteiger partial charge is 0.296 e. The number of nitrogens with zero attached hydrogens (tertiary/aromatic N) is 2. The van der Waals surface area contributed by atoms with Crippen LogP contribution in [0.2, 0.25) is 0 Å². The van der Waals surface area contributed by atoms with E-state index in [-0.39, 0.29) is 5.41 Å². The second-order valence-electron chi connectivity index (χ2n) is 6.55. The van der Waals surface area contributed by atoms with Gasteiger partial charge < -0.3 is 0 Å². The molecule has 3 rings (SSSR count). The quantitative estimate of drug-likeness (QED) is 0.559. The molecule has 0 N–H and O–H groups in total. The lowest BCUT2D eigenvalue weighted by Crippen LogP contribution is -2.18. The maximum Gasteiger partial charge on any atom is 0.119 e. The molecule has 0 unspecified atom stereocenters. The van der Waals surface area contributed by atoms with Gasteiger partial charge in [-0.1, -0.05) is 71.4 Å². The Bertz CT molecular complexity index is 718. The predicted octanol–water partition coefficient (Wildman–Crippen LogP) is 5.74. The summed E-state index contributed by atoms with van der Waals surface area (Å²) in [6.45, 7) is 10.9. The standard InChI is InChI=1S/C17H18N2.C3H8/c1-17(2,3)16-18-14-11-7-8-12-15(14)19(16)13-9-5-4-6-10-13;1-3-2/h4-12H,1-3H3;3H2,1-2H3. The molecule has 0 bridgehead atoms. The number of aromatic nitrogens is 2. The summed E-state index contributed by atoms with van der Waals surface area (Å²) < 4.78 is 2.26. The van der Waals surface area contributed by atoms with Crippen LogP contribution in [0.1, 0.15) is 46.9 Å². The van der Waals surface area contributed by atoms with Crippen LogP contribution in [0.15, 0.2) is 54.6 Å². The van der Waals surface area contributed by atoms with Crippen molar-refractivity contribution in [2.45, 2.75) is 46.5 Å². The fourth-order valence-electron chi connectivity index (χ4n) is 2.37. The fraction of sp³-hybridized carbons (Fsp3) is 0.350. The molecule has 2 nitrogen and oxygen atoms in total. The lowest BCUT2D eigenvalue weighted by molar-refractivity contribution is 0.539. The number of imidazole rings is 1. The molecule has 0 aliphatic rings. The Labute approximate surface area is 133 Å². The van der Waals surface area contributed by atoms with E-state index < -0.39 is 0 Å². The van der Waals surface area contributed by atoms with Gasteiger partial charge in [-0.05, 0) is 24.3 Å². The average Bonchev–Trinajstić information content (AvgIpc) is 2.88. The normalized spacial score (nSPS) is 11.1. The SMILES string of the molecule is CC(C)(C)c1nc2ccccc2n1-c1ccccc1.CCC. The molecule has 0 aliphatic heterocycles. The first-order valence-electron chi connectivity index (χ1n) is 8.02. The monoisotopic (exact) mass is 294 g/mol. The molecule has 0 fully saturated rings. The Morgan fingerprint density at radius 2 is 1.41 bits per heavy atom. The molecular weight excluding hydrogens is 268 g/mol. The lowest BCUT2D eigenvalue weighted by Gasteiger charge is -2.20. The van der Waals surface area contributed by atoms with Crippen molar-refractivity contribution in [3.05, 3.63) is 60.4 Å². The van der Waals surface area contributed by atoms with Crippen LogP contribution in [-0.2, 0) is 5.41 Å². The molecule has 2 heteroatoms. The second-order valence-corrected chi connectivity index (χ2v) is 6.55. The number of hydrogen-bond donors (Lipinski definition) is 0. The van der Waals surface area contributed by atoms with E-state index in [4.69, 9.17) is 4.98 Å². The predicted molar refractivity (Wildman–Crippen MR) is 95.7 cm³/mol. The van der Waals surface area contributed by atoms with Crippen LogP contribution in [0.25, 0.3) is 16.7 Å². The Morgan fingerprint density at radius 3 is 2.00 bits per heavy atom. The molecule has 0 atom stereocenters. The molecule has 1 aromatic heterocycles. The molecular formula is C20H26N2. The number of rotatable bonds is 1. The Morgan fingerprint density at radius 1 is 0.864 bits per heavy atom. The van der Waals surface area contributed by atoms with E-state index in [1.165, 1.54) is 17.6 Å². The highest BCUT2D eigenvalue weighted by Crippen LogP contribution is 2.29. The van der Waals surface area contributed by atoms with Crippen molar-refractivity contribution in [2.75, 3.05) is 0 Å². The molecule has 0 radical (unpaired) electrons. The number of hydrogen-bond acceptors (Lipinski definition) is 1. The summed E-state index contributed by atoms with van der Waals surface area (Å²) in [6, 6.07) is 18.7. The minimum absolute atomic E-state index is 0.00879. The Kier molecular flexibility index (Phi) is 5.02. The molecule has 0 saturated heterocycles. The summed E-state index contributed by atoms with van der Waals surface area (Å²) in [5.41, 5.74) is 3.39. The van der Waals surface area contributed by atoms with Crippen LogP contribution in [0.4, 0.5) is 0 Å². The zero-order valence-electron chi connectivity index (χ0n) is 14.3. The van der Waals surface area contributed by atoms with E-state index in [1.54, 1.807) is 0 Å². The second kappa shape index (κ2) is 6.78. The van der Waals surface area contributed by atoms with Gasteiger partial charge in [0.05, 0.1) is 11.0 Å². The van der Waals surface area contributed by atoms with Gasteiger partial charge in [0, 0.05) is 11.1 Å². The molecule has 3 aromatic rings. The van der Waals surface area contributed by atoms with Gasteiger partial charge in [0.1, 0.15) is 5.82 Å². The number of benzene rings is 2. The van der Waals surface area contributed by atoms with E-state index in [0.29, 0.717) is 0 Å². The lowest BCUT2D eigenvalue weighted by atomic mass is 9.95. The Balaban J connectivity index is 0.000000545. The van der Waals surface area contributed by atoms with E-state index in [2.05, 4.69) is 81.7 Å². The van der Waals surface area contributed by atoms with Crippen molar-refractivity contribution in [2.24, 2.45) is 0 Å².